The lowest BCUT2D eigenvalue weighted by Crippen LogP contribution is -2.35. The molecule has 0 bridgehead atoms. The Bertz CT molecular complexity index is 726. The normalized spacial score (nSPS) is 24.0. The standard InChI is InChI=1S/C15H20N2O5S/c1-9-6-12-13(22-10(2)15(18)17-12)7-14(9)23(19,20)16-8-11-4-3-5-21-11/h6-7,10-11,16H,3-5,8H2,1-2H3,(H,17,18). The van der Waals surface area contributed by atoms with Crippen LogP contribution in [0.4, 0.5) is 5.69 Å². The van der Waals surface area contributed by atoms with Crippen LogP contribution in [0, 0.1) is 6.92 Å². The number of fused-ring (bicyclic) bond motifs is 1. The molecule has 0 aromatic heterocycles. The van der Waals surface area contributed by atoms with Crippen molar-refractivity contribution in [3.05, 3.63) is 17.7 Å². The number of benzene rings is 1. The molecule has 2 aliphatic rings. The number of rotatable bonds is 4. The van der Waals surface area contributed by atoms with E-state index < -0.39 is 16.1 Å². The molecule has 23 heavy (non-hydrogen) atoms. The summed E-state index contributed by atoms with van der Waals surface area (Å²) < 4.78 is 38.6. The van der Waals surface area contributed by atoms with E-state index in [0.29, 0.717) is 23.6 Å². The lowest BCUT2D eigenvalue weighted by molar-refractivity contribution is -0.122. The zero-order valence-electron chi connectivity index (χ0n) is 13.1. The van der Waals surface area contributed by atoms with E-state index in [-0.39, 0.29) is 23.5 Å². The number of anilines is 1. The minimum Gasteiger partial charge on any atom is -0.479 e. The van der Waals surface area contributed by atoms with Crippen LogP contribution in [0.2, 0.25) is 0 Å². The van der Waals surface area contributed by atoms with Gasteiger partial charge in [0.25, 0.3) is 5.91 Å². The van der Waals surface area contributed by atoms with Gasteiger partial charge in [-0.3, -0.25) is 4.79 Å². The second-order valence-corrected chi connectivity index (χ2v) is 7.59. The predicted octanol–water partition coefficient (Wildman–Crippen LogP) is 1.17. The molecular formula is C15H20N2O5S. The molecular weight excluding hydrogens is 320 g/mol. The highest BCUT2D eigenvalue weighted by atomic mass is 32.2. The Balaban J connectivity index is 1.84. The van der Waals surface area contributed by atoms with E-state index in [2.05, 4.69) is 10.0 Å². The van der Waals surface area contributed by atoms with Crippen LogP contribution in [-0.4, -0.2) is 39.7 Å². The molecule has 0 radical (unpaired) electrons. The SMILES string of the molecule is Cc1cc2c(cc1S(=O)(=O)NCC1CCCO1)OC(C)C(=O)N2. The number of carbonyl (C=O) groups is 1. The van der Waals surface area contributed by atoms with Gasteiger partial charge in [-0.2, -0.15) is 0 Å². The second kappa shape index (κ2) is 6.10. The number of hydrogen-bond acceptors (Lipinski definition) is 5. The van der Waals surface area contributed by atoms with Gasteiger partial charge >= 0.3 is 0 Å². The summed E-state index contributed by atoms with van der Waals surface area (Å²) in [4.78, 5) is 11.8. The zero-order valence-corrected chi connectivity index (χ0v) is 13.9. The monoisotopic (exact) mass is 340 g/mol. The van der Waals surface area contributed by atoms with E-state index in [1.54, 1.807) is 19.9 Å². The van der Waals surface area contributed by atoms with Crippen LogP contribution in [0.1, 0.15) is 25.3 Å². The van der Waals surface area contributed by atoms with Crippen molar-refractivity contribution in [2.24, 2.45) is 0 Å². The number of aryl methyl sites for hydroxylation is 1. The van der Waals surface area contributed by atoms with Crippen LogP contribution in [0.3, 0.4) is 0 Å². The smallest absolute Gasteiger partial charge is 0.265 e. The average molecular weight is 340 g/mol. The van der Waals surface area contributed by atoms with Crippen LogP contribution < -0.4 is 14.8 Å². The topological polar surface area (TPSA) is 93.7 Å². The van der Waals surface area contributed by atoms with E-state index in [9.17, 15) is 13.2 Å². The van der Waals surface area contributed by atoms with E-state index in [1.807, 2.05) is 0 Å². The third-order valence-corrected chi connectivity index (χ3v) is 5.59. The molecule has 2 atom stereocenters. The minimum absolute atomic E-state index is 0.0710. The number of sulfonamides is 1. The lowest BCUT2D eigenvalue weighted by atomic mass is 10.1. The van der Waals surface area contributed by atoms with Crippen LogP contribution in [0.5, 0.6) is 5.75 Å². The molecule has 0 aliphatic carbocycles. The maximum Gasteiger partial charge on any atom is 0.265 e. The summed E-state index contributed by atoms with van der Waals surface area (Å²) in [6.07, 6.45) is 1.09. The molecule has 1 aromatic carbocycles. The zero-order chi connectivity index (χ0) is 16.6. The molecule has 2 unspecified atom stereocenters. The Kier molecular flexibility index (Phi) is 4.31. The summed E-state index contributed by atoms with van der Waals surface area (Å²) in [7, 11) is -3.67. The van der Waals surface area contributed by atoms with Gasteiger partial charge in [0.2, 0.25) is 10.0 Å². The van der Waals surface area contributed by atoms with Gasteiger partial charge in [0, 0.05) is 19.2 Å². The second-order valence-electron chi connectivity index (χ2n) is 5.85. The predicted molar refractivity (Wildman–Crippen MR) is 84.1 cm³/mol. The third-order valence-electron chi connectivity index (χ3n) is 4.02. The molecule has 2 heterocycles. The maximum atomic E-state index is 12.5. The van der Waals surface area contributed by atoms with E-state index in [1.165, 1.54) is 6.07 Å². The molecule has 2 aliphatic heterocycles. The highest BCUT2D eigenvalue weighted by molar-refractivity contribution is 7.89. The molecule has 2 N–H and O–H groups in total. The molecule has 0 spiro atoms. The minimum atomic E-state index is -3.67. The maximum absolute atomic E-state index is 12.5. The van der Waals surface area contributed by atoms with Crippen molar-refractivity contribution in [2.45, 2.75) is 43.8 Å². The van der Waals surface area contributed by atoms with Gasteiger partial charge in [0.05, 0.1) is 16.7 Å². The van der Waals surface area contributed by atoms with Gasteiger partial charge in [-0.05, 0) is 38.3 Å². The summed E-state index contributed by atoms with van der Waals surface area (Å²) in [5, 5.41) is 2.71. The Morgan fingerprint density at radius 2 is 2.17 bits per heavy atom. The fourth-order valence-corrected chi connectivity index (χ4v) is 4.02. The van der Waals surface area contributed by atoms with Crippen LogP contribution in [-0.2, 0) is 19.6 Å². The Labute approximate surface area is 135 Å². The summed E-state index contributed by atoms with van der Waals surface area (Å²) >= 11 is 0. The molecule has 7 nitrogen and oxygen atoms in total. The van der Waals surface area contributed by atoms with Gasteiger partial charge in [0.15, 0.2) is 6.10 Å². The van der Waals surface area contributed by atoms with E-state index >= 15 is 0 Å². The molecule has 3 rings (SSSR count). The number of hydrogen-bond donors (Lipinski definition) is 2. The summed E-state index contributed by atoms with van der Waals surface area (Å²) in [6.45, 7) is 4.23. The highest BCUT2D eigenvalue weighted by Gasteiger charge is 2.28. The van der Waals surface area contributed by atoms with Gasteiger partial charge < -0.3 is 14.8 Å². The first-order chi connectivity index (χ1) is 10.9. The molecule has 0 saturated carbocycles. The van der Waals surface area contributed by atoms with Gasteiger partial charge in [-0.25, -0.2) is 13.1 Å². The van der Waals surface area contributed by atoms with E-state index in [0.717, 1.165) is 12.8 Å². The van der Waals surface area contributed by atoms with Crippen molar-refractivity contribution in [3.63, 3.8) is 0 Å². The fourth-order valence-electron chi connectivity index (χ4n) is 2.72. The molecule has 8 heteroatoms. The van der Waals surface area contributed by atoms with Crippen molar-refractivity contribution < 1.29 is 22.7 Å². The first-order valence-electron chi connectivity index (χ1n) is 7.60. The van der Waals surface area contributed by atoms with Crippen molar-refractivity contribution in [3.8, 4) is 5.75 Å². The van der Waals surface area contributed by atoms with Gasteiger partial charge in [-0.15, -0.1) is 0 Å². The molecule has 1 fully saturated rings. The molecule has 126 valence electrons. The van der Waals surface area contributed by atoms with Gasteiger partial charge in [-0.1, -0.05) is 0 Å². The van der Waals surface area contributed by atoms with Crippen LogP contribution in [0.25, 0.3) is 0 Å². The summed E-state index contributed by atoms with van der Waals surface area (Å²) in [5.74, 6) is 0.115. The Hall–Kier alpha value is -1.64. The lowest BCUT2D eigenvalue weighted by Gasteiger charge is -2.24. The molecule has 1 amide bonds. The molecule has 1 saturated heterocycles. The van der Waals surface area contributed by atoms with Crippen molar-refractivity contribution in [1.29, 1.82) is 0 Å². The van der Waals surface area contributed by atoms with Crippen molar-refractivity contribution >= 4 is 21.6 Å². The first kappa shape index (κ1) is 16.2. The molecule has 1 aromatic rings. The summed E-state index contributed by atoms with van der Waals surface area (Å²) in [5.41, 5.74) is 1.03. The van der Waals surface area contributed by atoms with Crippen LogP contribution >= 0.6 is 0 Å². The van der Waals surface area contributed by atoms with Crippen molar-refractivity contribution in [2.75, 3.05) is 18.5 Å². The summed E-state index contributed by atoms with van der Waals surface area (Å²) in [6, 6.07) is 3.07. The number of ether oxygens (including phenoxy) is 2. The Morgan fingerprint density at radius 3 is 2.87 bits per heavy atom. The largest absolute Gasteiger partial charge is 0.479 e. The number of carbonyl (C=O) groups excluding carboxylic acids is 1. The average Bonchev–Trinajstić information content (AvgIpc) is 3.00. The van der Waals surface area contributed by atoms with Gasteiger partial charge in [0.1, 0.15) is 5.75 Å². The fraction of sp³-hybridized carbons (Fsp3) is 0.533. The highest BCUT2D eigenvalue weighted by Crippen LogP contribution is 2.34. The third kappa shape index (κ3) is 3.34. The van der Waals surface area contributed by atoms with Crippen LogP contribution in [0.15, 0.2) is 17.0 Å². The van der Waals surface area contributed by atoms with Crippen molar-refractivity contribution in [1.82, 2.24) is 4.72 Å². The Morgan fingerprint density at radius 1 is 1.39 bits per heavy atom. The first-order valence-corrected chi connectivity index (χ1v) is 9.08. The number of amides is 1. The number of nitrogens with one attached hydrogen (secondary N) is 2. The van der Waals surface area contributed by atoms with E-state index in [4.69, 9.17) is 9.47 Å². The quantitative estimate of drug-likeness (QED) is 0.858.